The average Bonchev–Trinajstić information content (AvgIpc) is 2.63. The van der Waals surface area contributed by atoms with Crippen LogP contribution in [0.25, 0.3) is 0 Å². The van der Waals surface area contributed by atoms with Crippen LogP contribution in [0.4, 0.5) is 11.4 Å². The van der Waals surface area contributed by atoms with Gasteiger partial charge in [0.15, 0.2) is 0 Å². The fourth-order valence-corrected chi connectivity index (χ4v) is 4.43. The molecule has 7 heteroatoms. The van der Waals surface area contributed by atoms with Crippen LogP contribution < -0.4 is 9.80 Å². The summed E-state index contributed by atoms with van der Waals surface area (Å²) in [5, 5.41) is 0. The van der Waals surface area contributed by atoms with Gasteiger partial charge in [0.2, 0.25) is 10.0 Å². The molecule has 0 amide bonds. The molecule has 0 saturated carbocycles. The van der Waals surface area contributed by atoms with Gasteiger partial charge in [0.25, 0.3) is 0 Å². The molecule has 2 aliphatic rings. The summed E-state index contributed by atoms with van der Waals surface area (Å²) in [6, 6.07) is 8.71. The van der Waals surface area contributed by atoms with Crippen molar-refractivity contribution in [2.75, 3.05) is 75.0 Å². The number of rotatable bonds is 4. The van der Waals surface area contributed by atoms with Gasteiger partial charge >= 0.3 is 0 Å². The monoisotopic (exact) mass is 352 g/mol. The molecule has 134 valence electrons. The molecule has 0 aromatic heterocycles. The molecule has 1 aromatic rings. The van der Waals surface area contributed by atoms with Crippen molar-refractivity contribution in [1.29, 1.82) is 0 Å². The van der Waals surface area contributed by atoms with E-state index < -0.39 is 10.0 Å². The van der Waals surface area contributed by atoms with Gasteiger partial charge in [-0.2, -0.15) is 4.31 Å². The first-order valence-corrected chi connectivity index (χ1v) is 10.4. The predicted octanol–water partition coefficient (Wildman–Crippen LogP) is 0.910. The van der Waals surface area contributed by atoms with Gasteiger partial charge < -0.3 is 14.7 Å². The van der Waals surface area contributed by atoms with Crippen molar-refractivity contribution < 1.29 is 8.42 Å². The lowest BCUT2D eigenvalue weighted by Crippen LogP contribution is -2.49. The summed E-state index contributed by atoms with van der Waals surface area (Å²) in [5.74, 6) is 0.187. The number of likely N-dealkylation sites (N-methyl/N-ethyl adjacent to an activating group) is 1. The quantitative estimate of drug-likeness (QED) is 0.806. The van der Waals surface area contributed by atoms with Gasteiger partial charge in [0.1, 0.15) is 0 Å². The van der Waals surface area contributed by atoms with E-state index >= 15 is 0 Å². The third-order valence-electron chi connectivity index (χ3n) is 5.08. The van der Waals surface area contributed by atoms with E-state index in [0.717, 1.165) is 39.3 Å². The molecule has 3 rings (SSSR count). The maximum Gasteiger partial charge on any atom is 0.213 e. The Balaban J connectivity index is 1.59. The Labute approximate surface area is 145 Å². The number of nitrogens with zero attached hydrogens (tertiary/aromatic N) is 4. The van der Waals surface area contributed by atoms with Gasteiger partial charge in [-0.05, 0) is 38.2 Å². The third-order valence-corrected chi connectivity index (χ3v) is 6.96. The summed E-state index contributed by atoms with van der Waals surface area (Å²) in [6.45, 7) is 8.74. The molecule has 1 aromatic carbocycles. The third kappa shape index (κ3) is 3.84. The normalized spacial score (nSPS) is 21.2. The highest BCUT2D eigenvalue weighted by atomic mass is 32.2. The Kier molecular flexibility index (Phi) is 5.32. The maximum atomic E-state index is 11.9. The lowest BCUT2D eigenvalue weighted by molar-refractivity contribution is 0.313. The highest BCUT2D eigenvalue weighted by molar-refractivity contribution is 7.89. The summed E-state index contributed by atoms with van der Waals surface area (Å²) in [7, 11) is -0.891. The van der Waals surface area contributed by atoms with E-state index in [9.17, 15) is 8.42 Å². The zero-order valence-corrected chi connectivity index (χ0v) is 15.5. The van der Waals surface area contributed by atoms with Crippen molar-refractivity contribution in [3.63, 3.8) is 0 Å². The molecule has 0 aliphatic carbocycles. The first-order chi connectivity index (χ1) is 11.5. The second kappa shape index (κ2) is 7.29. The van der Waals surface area contributed by atoms with Gasteiger partial charge in [0.05, 0.1) is 5.75 Å². The topological polar surface area (TPSA) is 47.1 Å². The largest absolute Gasteiger partial charge is 0.369 e. The SMILES string of the molecule is CCS(=O)(=O)N1CCN(c2ccc(N3CCN(C)CC3)cc2)CC1. The van der Waals surface area contributed by atoms with E-state index in [0.29, 0.717) is 13.1 Å². The van der Waals surface area contributed by atoms with E-state index in [1.165, 1.54) is 11.4 Å². The highest BCUT2D eigenvalue weighted by Crippen LogP contribution is 2.23. The second-order valence-corrected chi connectivity index (χ2v) is 8.85. The number of piperazine rings is 2. The summed E-state index contributed by atoms with van der Waals surface area (Å²) in [5.41, 5.74) is 2.46. The maximum absolute atomic E-state index is 11.9. The van der Waals surface area contributed by atoms with Gasteiger partial charge in [-0.1, -0.05) is 0 Å². The van der Waals surface area contributed by atoms with E-state index in [1.807, 2.05) is 0 Å². The van der Waals surface area contributed by atoms with Crippen molar-refractivity contribution in [1.82, 2.24) is 9.21 Å². The summed E-state index contributed by atoms with van der Waals surface area (Å²) in [6.07, 6.45) is 0. The van der Waals surface area contributed by atoms with Gasteiger partial charge in [-0.15, -0.1) is 0 Å². The number of hydrogen-bond acceptors (Lipinski definition) is 5. The molecular weight excluding hydrogens is 324 g/mol. The average molecular weight is 353 g/mol. The Morgan fingerprint density at radius 2 is 1.21 bits per heavy atom. The van der Waals surface area contributed by atoms with Crippen LogP contribution in [-0.4, -0.2) is 82.8 Å². The van der Waals surface area contributed by atoms with Crippen LogP contribution >= 0.6 is 0 Å². The lowest BCUT2D eigenvalue weighted by Gasteiger charge is -2.36. The number of sulfonamides is 1. The van der Waals surface area contributed by atoms with Crippen LogP contribution in [-0.2, 0) is 10.0 Å². The molecule has 24 heavy (non-hydrogen) atoms. The molecule has 0 N–H and O–H groups in total. The van der Waals surface area contributed by atoms with E-state index in [-0.39, 0.29) is 5.75 Å². The van der Waals surface area contributed by atoms with E-state index in [1.54, 1.807) is 11.2 Å². The first-order valence-electron chi connectivity index (χ1n) is 8.76. The van der Waals surface area contributed by atoms with Crippen molar-refractivity contribution in [3.8, 4) is 0 Å². The van der Waals surface area contributed by atoms with Gasteiger partial charge in [-0.3, -0.25) is 0 Å². The zero-order valence-electron chi connectivity index (χ0n) is 14.7. The predicted molar refractivity (Wildman–Crippen MR) is 99.4 cm³/mol. The van der Waals surface area contributed by atoms with Crippen LogP contribution in [0.15, 0.2) is 24.3 Å². The summed E-state index contributed by atoms with van der Waals surface area (Å²) >= 11 is 0. The summed E-state index contributed by atoms with van der Waals surface area (Å²) < 4.78 is 25.5. The number of hydrogen-bond donors (Lipinski definition) is 0. The zero-order chi connectivity index (χ0) is 17.2. The molecule has 0 unspecified atom stereocenters. The van der Waals surface area contributed by atoms with E-state index in [2.05, 4.69) is 46.0 Å². The molecule has 2 aliphatic heterocycles. The molecule has 0 radical (unpaired) electrons. The molecule has 2 saturated heterocycles. The summed E-state index contributed by atoms with van der Waals surface area (Å²) in [4.78, 5) is 7.06. The molecule has 0 spiro atoms. The van der Waals surface area contributed by atoms with Crippen molar-refractivity contribution >= 4 is 21.4 Å². The second-order valence-electron chi connectivity index (χ2n) is 6.59. The number of anilines is 2. The fraction of sp³-hybridized carbons (Fsp3) is 0.647. The van der Waals surface area contributed by atoms with Crippen LogP contribution in [0.5, 0.6) is 0 Å². The molecule has 6 nitrogen and oxygen atoms in total. The minimum Gasteiger partial charge on any atom is -0.369 e. The Morgan fingerprint density at radius 3 is 1.62 bits per heavy atom. The van der Waals surface area contributed by atoms with Crippen LogP contribution in [0.3, 0.4) is 0 Å². The molecule has 0 bridgehead atoms. The minimum atomic E-state index is -3.06. The van der Waals surface area contributed by atoms with Crippen molar-refractivity contribution in [2.24, 2.45) is 0 Å². The van der Waals surface area contributed by atoms with Crippen LogP contribution in [0, 0.1) is 0 Å². The molecule has 2 heterocycles. The molecule has 0 atom stereocenters. The lowest BCUT2D eigenvalue weighted by atomic mass is 10.2. The Bertz CT molecular complexity index is 631. The molecule has 2 fully saturated rings. The van der Waals surface area contributed by atoms with Gasteiger partial charge in [0, 0.05) is 63.7 Å². The minimum absolute atomic E-state index is 0.187. The van der Waals surface area contributed by atoms with Gasteiger partial charge in [-0.25, -0.2) is 8.42 Å². The molecular formula is C17H28N4O2S. The fourth-order valence-electron chi connectivity index (χ4n) is 3.35. The Hall–Kier alpha value is -1.31. The Morgan fingerprint density at radius 1 is 0.792 bits per heavy atom. The van der Waals surface area contributed by atoms with Crippen molar-refractivity contribution in [2.45, 2.75) is 6.92 Å². The highest BCUT2D eigenvalue weighted by Gasteiger charge is 2.25. The number of benzene rings is 1. The van der Waals surface area contributed by atoms with Crippen molar-refractivity contribution in [3.05, 3.63) is 24.3 Å². The van der Waals surface area contributed by atoms with E-state index in [4.69, 9.17) is 0 Å². The first kappa shape index (κ1) is 17.5. The van der Waals surface area contributed by atoms with Crippen LogP contribution in [0.1, 0.15) is 6.92 Å². The van der Waals surface area contributed by atoms with Crippen LogP contribution in [0.2, 0.25) is 0 Å². The smallest absolute Gasteiger partial charge is 0.213 e. The standard InChI is InChI=1S/C17H28N4O2S/c1-3-24(22,23)21-14-12-20(13-15-21)17-6-4-16(5-7-17)19-10-8-18(2)9-11-19/h4-7H,3,8-15H2,1-2H3.